The SMILES string of the molecule is CC(=O)CC1(Cl)CC1. The summed E-state index contributed by atoms with van der Waals surface area (Å²) >= 11 is 5.82. The van der Waals surface area contributed by atoms with Crippen molar-refractivity contribution in [3.8, 4) is 0 Å². The first-order valence-corrected chi connectivity index (χ1v) is 3.19. The average molecular weight is 133 g/mol. The molecule has 0 aliphatic heterocycles. The molecule has 0 bridgehead atoms. The van der Waals surface area contributed by atoms with Crippen LogP contribution in [0, 0.1) is 0 Å². The number of carbonyl (C=O) groups excluding carboxylic acids is 1. The van der Waals surface area contributed by atoms with Crippen molar-refractivity contribution in [1.82, 2.24) is 0 Å². The van der Waals surface area contributed by atoms with E-state index in [1.807, 2.05) is 0 Å². The van der Waals surface area contributed by atoms with E-state index < -0.39 is 0 Å². The van der Waals surface area contributed by atoms with Gasteiger partial charge in [0.05, 0.1) is 4.87 Å². The molecule has 0 aromatic heterocycles. The van der Waals surface area contributed by atoms with E-state index in [0.717, 1.165) is 12.8 Å². The lowest BCUT2D eigenvalue weighted by atomic mass is 10.2. The van der Waals surface area contributed by atoms with Crippen molar-refractivity contribution in [2.45, 2.75) is 31.1 Å². The highest BCUT2D eigenvalue weighted by Crippen LogP contribution is 2.45. The van der Waals surface area contributed by atoms with Gasteiger partial charge in [0.25, 0.3) is 0 Å². The van der Waals surface area contributed by atoms with Crippen molar-refractivity contribution in [2.24, 2.45) is 0 Å². The van der Waals surface area contributed by atoms with Gasteiger partial charge in [-0.2, -0.15) is 0 Å². The highest BCUT2D eigenvalue weighted by Gasteiger charge is 2.41. The minimum absolute atomic E-state index is 0.105. The topological polar surface area (TPSA) is 17.1 Å². The van der Waals surface area contributed by atoms with Crippen LogP contribution in [0.1, 0.15) is 26.2 Å². The predicted molar refractivity (Wildman–Crippen MR) is 33.1 cm³/mol. The van der Waals surface area contributed by atoms with Gasteiger partial charge in [0.2, 0.25) is 0 Å². The summed E-state index contributed by atoms with van der Waals surface area (Å²) in [5.41, 5.74) is 0. The molecule has 1 saturated carbocycles. The predicted octanol–water partition coefficient (Wildman–Crippen LogP) is 1.74. The molecule has 1 aliphatic rings. The van der Waals surface area contributed by atoms with Crippen LogP contribution in [-0.2, 0) is 4.79 Å². The lowest BCUT2D eigenvalue weighted by Gasteiger charge is -1.98. The monoisotopic (exact) mass is 132 g/mol. The molecule has 0 spiro atoms. The molecule has 0 N–H and O–H groups in total. The number of Topliss-reactive ketones (excluding diaryl/α,β-unsaturated/α-hetero) is 1. The standard InChI is InChI=1S/C6H9ClO/c1-5(8)4-6(7)2-3-6/h2-4H2,1H3. The molecule has 1 rings (SSSR count). The maximum Gasteiger partial charge on any atom is 0.131 e. The Morgan fingerprint density at radius 3 is 2.38 bits per heavy atom. The van der Waals surface area contributed by atoms with Gasteiger partial charge in [-0.25, -0.2) is 0 Å². The van der Waals surface area contributed by atoms with E-state index >= 15 is 0 Å². The fourth-order valence-electron chi connectivity index (χ4n) is 0.759. The Bertz CT molecular complexity index is 116. The third-order valence-electron chi connectivity index (χ3n) is 1.36. The zero-order valence-electron chi connectivity index (χ0n) is 4.91. The van der Waals surface area contributed by atoms with Gasteiger partial charge in [0.1, 0.15) is 5.78 Å². The van der Waals surface area contributed by atoms with Crippen molar-refractivity contribution >= 4 is 17.4 Å². The van der Waals surface area contributed by atoms with E-state index in [4.69, 9.17) is 11.6 Å². The van der Waals surface area contributed by atoms with Crippen LogP contribution < -0.4 is 0 Å². The largest absolute Gasteiger partial charge is 0.300 e. The number of hydrogen-bond donors (Lipinski definition) is 0. The van der Waals surface area contributed by atoms with E-state index in [-0.39, 0.29) is 10.7 Å². The quantitative estimate of drug-likeness (QED) is 0.523. The first kappa shape index (κ1) is 6.09. The molecule has 0 amide bonds. The van der Waals surface area contributed by atoms with Crippen molar-refractivity contribution in [3.05, 3.63) is 0 Å². The molecule has 1 nitrogen and oxygen atoms in total. The molecular formula is C6H9ClO. The number of hydrogen-bond acceptors (Lipinski definition) is 1. The molecule has 0 atom stereocenters. The number of halogens is 1. The number of ketones is 1. The molecule has 0 aromatic carbocycles. The molecule has 2 heteroatoms. The molecule has 0 aromatic rings. The van der Waals surface area contributed by atoms with Crippen LogP contribution >= 0.6 is 11.6 Å². The number of rotatable bonds is 2. The summed E-state index contributed by atoms with van der Waals surface area (Å²) in [6, 6.07) is 0. The van der Waals surface area contributed by atoms with Crippen LogP contribution in [0.3, 0.4) is 0 Å². The lowest BCUT2D eigenvalue weighted by Crippen LogP contribution is -2.03. The fraction of sp³-hybridized carbons (Fsp3) is 0.833. The summed E-state index contributed by atoms with van der Waals surface area (Å²) in [4.78, 5) is 10.3. The highest BCUT2D eigenvalue weighted by molar-refractivity contribution is 6.27. The zero-order chi connectivity index (χ0) is 6.20. The van der Waals surface area contributed by atoms with E-state index in [1.165, 1.54) is 0 Å². The van der Waals surface area contributed by atoms with Crippen LogP contribution in [-0.4, -0.2) is 10.7 Å². The van der Waals surface area contributed by atoms with E-state index in [0.29, 0.717) is 6.42 Å². The summed E-state index contributed by atoms with van der Waals surface area (Å²) in [6.07, 6.45) is 2.61. The van der Waals surface area contributed by atoms with Crippen LogP contribution in [0.5, 0.6) is 0 Å². The third kappa shape index (κ3) is 1.48. The summed E-state index contributed by atoms with van der Waals surface area (Å²) in [7, 11) is 0. The van der Waals surface area contributed by atoms with Crippen LogP contribution in [0.2, 0.25) is 0 Å². The first-order chi connectivity index (χ1) is 3.62. The van der Waals surface area contributed by atoms with Crippen LogP contribution in [0.15, 0.2) is 0 Å². The second kappa shape index (κ2) is 1.73. The van der Waals surface area contributed by atoms with Gasteiger partial charge in [-0.15, -0.1) is 11.6 Å². The van der Waals surface area contributed by atoms with Gasteiger partial charge >= 0.3 is 0 Å². The molecule has 0 heterocycles. The third-order valence-corrected chi connectivity index (χ3v) is 1.87. The minimum atomic E-state index is -0.105. The molecule has 1 fully saturated rings. The maximum absolute atomic E-state index is 10.4. The van der Waals surface area contributed by atoms with E-state index in [2.05, 4.69) is 0 Å². The van der Waals surface area contributed by atoms with Gasteiger partial charge in [-0.05, 0) is 19.8 Å². The summed E-state index contributed by atoms with van der Waals surface area (Å²) in [6.45, 7) is 1.59. The van der Waals surface area contributed by atoms with E-state index in [1.54, 1.807) is 6.92 Å². The second-order valence-corrected chi connectivity index (χ2v) is 3.33. The Balaban J connectivity index is 2.29. The number of carbonyl (C=O) groups is 1. The minimum Gasteiger partial charge on any atom is -0.300 e. The smallest absolute Gasteiger partial charge is 0.131 e. The van der Waals surface area contributed by atoms with Crippen LogP contribution in [0.4, 0.5) is 0 Å². The lowest BCUT2D eigenvalue weighted by molar-refractivity contribution is -0.117. The van der Waals surface area contributed by atoms with Gasteiger partial charge in [-0.1, -0.05) is 0 Å². The Labute approximate surface area is 54.0 Å². The first-order valence-electron chi connectivity index (χ1n) is 2.81. The Morgan fingerprint density at radius 1 is 1.75 bits per heavy atom. The highest BCUT2D eigenvalue weighted by atomic mass is 35.5. The molecule has 0 unspecified atom stereocenters. The van der Waals surface area contributed by atoms with Gasteiger partial charge in [0.15, 0.2) is 0 Å². The Hall–Kier alpha value is -0.0400. The molecule has 0 saturated heterocycles. The molecular weight excluding hydrogens is 124 g/mol. The summed E-state index contributed by atoms with van der Waals surface area (Å²) in [5, 5.41) is 0. The average Bonchev–Trinajstić information content (AvgIpc) is 2.17. The molecule has 0 radical (unpaired) electrons. The Kier molecular flexibility index (Phi) is 1.31. The zero-order valence-corrected chi connectivity index (χ0v) is 5.66. The molecule has 1 aliphatic carbocycles. The fourth-order valence-corrected chi connectivity index (χ4v) is 1.04. The van der Waals surface area contributed by atoms with Gasteiger partial charge in [-0.3, -0.25) is 4.79 Å². The number of alkyl halides is 1. The maximum atomic E-state index is 10.4. The molecule has 8 heavy (non-hydrogen) atoms. The van der Waals surface area contributed by atoms with Crippen molar-refractivity contribution in [1.29, 1.82) is 0 Å². The molecule has 46 valence electrons. The van der Waals surface area contributed by atoms with Crippen molar-refractivity contribution in [3.63, 3.8) is 0 Å². The second-order valence-electron chi connectivity index (χ2n) is 2.53. The van der Waals surface area contributed by atoms with Crippen molar-refractivity contribution < 1.29 is 4.79 Å². The van der Waals surface area contributed by atoms with Crippen LogP contribution in [0.25, 0.3) is 0 Å². The summed E-state index contributed by atoms with van der Waals surface area (Å²) in [5.74, 6) is 0.206. The van der Waals surface area contributed by atoms with E-state index in [9.17, 15) is 4.79 Å². The Morgan fingerprint density at radius 2 is 2.25 bits per heavy atom. The summed E-state index contributed by atoms with van der Waals surface area (Å²) < 4.78 is 0. The van der Waals surface area contributed by atoms with Gasteiger partial charge < -0.3 is 0 Å². The normalized spacial score (nSPS) is 22.8. The van der Waals surface area contributed by atoms with Crippen molar-refractivity contribution in [2.75, 3.05) is 0 Å². The van der Waals surface area contributed by atoms with Gasteiger partial charge in [0, 0.05) is 6.42 Å².